The van der Waals surface area contributed by atoms with Gasteiger partial charge in [-0.1, -0.05) is 30.3 Å². The lowest BCUT2D eigenvalue weighted by Crippen LogP contribution is -2.49. The molecule has 0 aliphatic carbocycles. The van der Waals surface area contributed by atoms with Crippen LogP contribution in [0.15, 0.2) is 66.7 Å². The van der Waals surface area contributed by atoms with Crippen molar-refractivity contribution in [2.75, 3.05) is 46.9 Å². The molecule has 1 aliphatic rings. The van der Waals surface area contributed by atoms with E-state index in [1.165, 1.54) is 19.2 Å². The molecular formula is C29H30F2N2O5. The maximum absolute atomic E-state index is 14.1. The highest BCUT2D eigenvalue weighted by Gasteiger charge is 2.27. The Morgan fingerprint density at radius 3 is 2.32 bits per heavy atom. The van der Waals surface area contributed by atoms with E-state index in [9.17, 15) is 18.4 Å². The molecule has 1 fully saturated rings. The van der Waals surface area contributed by atoms with E-state index in [1.807, 2.05) is 36.4 Å². The highest BCUT2D eigenvalue weighted by Crippen LogP contribution is 2.25. The summed E-state index contributed by atoms with van der Waals surface area (Å²) in [6.45, 7) is 2.76. The standard InChI is InChI=1S/C29H30F2N2O5/c1-36-23-6-3-5-22(17-23)26(38-19-20-9-11-21(12-10-20)29(35)37-2)18-32-13-15-33(16-14-32)28(34)24-7-4-8-25(30)27(24)31/h3-12,17,26H,13-16,18-19H2,1-2H3/t26-/m1/s1. The van der Waals surface area contributed by atoms with Crippen molar-refractivity contribution in [1.29, 1.82) is 0 Å². The van der Waals surface area contributed by atoms with Gasteiger partial charge in [0, 0.05) is 32.7 Å². The van der Waals surface area contributed by atoms with Crippen LogP contribution in [0.1, 0.15) is 37.9 Å². The largest absolute Gasteiger partial charge is 0.497 e. The Kier molecular flexibility index (Phi) is 9.04. The average Bonchev–Trinajstić information content (AvgIpc) is 2.96. The minimum Gasteiger partial charge on any atom is -0.497 e. The molecule has 3 aromatic carbocycles. The molecule has 0 spiro atoms. The molecule has 200 valence electrons. The molecule has 9 heteroatoms. The van der Waals surface area contributed by atoms with E-state index in [0.29, 0.717) is 50.6 Å². The van der Waals surface area contributed by atoms with Gasteiger partial charge < -0.3 is 19.1 Å². The van der Waals surface area contributed by atoms with Crippen LogP contribution in [0.2, 0.25) is 0 Å². The lowest BCUT2D eigenvalue weighted by molar-refractivity contribution is 0.00326. The van der Waals surface area contributed by atoms with Crippen LogP contribution in [0.3, 0.4) is 0 Å². The second-order valence-corrected chi connectivity index (χ2v) is 8.96. The van der Waals surface area contributed by atoms with E-state index < -0.39 is 23.5 Å². The van der Waals surface area contributed by atoms with Gasteiger partial charge in [0.25, 0.3) is 5.91 Å². The third kappa shape index (κ3) is 6.54. The number of carbonyl (C=O) groups excluding carboxylic acids is 2. The minimum atomic E-state index is -1.12. The van der Waals surface area contributed by atoms with Crippen LogP contribution in [-0.2, 0) is 16.1 Å². The maximum atomic E-state index is 14.1. The molecular weight excluding hydrogens is 494 g/mol. The molecule has 1 atom stereocenters. The normalized spacial score (nSPS) is 14.7. The van der Waals surface area contributed by atoms with E-state index in [-0.39, 0.29) is 11.7 Å². The maximum Gasteiger partial charge on any atom is 0.337 e. The van der Waals surface area contributed by atoms with Crippen LogP contribution < -0.4 is 4.74 Å². The van der Waals surface area contributed by atoms with Crippen LogP contribution in [-0.4, -0.2) is 68.6 Å². The molecule has 7 nitrogen and oxygen atoms in total. The van der Waals surface area contributed by atoms with Crippen molar-refractivity contribution in [2.24, 2.45) is 0 Å². The van der Waals surface area contributed by atoms with E-state index in [0.717, 1.165) is 17.2 Å². The Hall–Kier alpha value is -3.82. The van der Waals surface area contributed by atoms with Crippen LogP contribution in [0.25, 0.3) is 0 Å². The second kappa shape index (κ2) is 12.6. The number of halogens is 2. The van der Waals surface area contributed by atoms with Gasteiger partial charge in [0.2, 0.25) is 0 Å². The van der Waals surface area contributed by atoms with E-state index in [4.69, 9.17) is 14.2 Å². The number of benzene rings is 3. The number of ether oxygens (including phenoxy) is 3. The molecule has 0 N–H and O–H groups in total. The minimum absolute atomic E-state index is 0.255. The number of hydrogen-bond donors (Lipinski definition) is 0. The predicted octanol–water partition coefficient (Wildman–Crippen LogP) is 4.48. The summed E-state index contributed by atoms with van der Waals surface area (Å²) in [5.74, 6) is -2.35. The summed E-state index contributed by atoms with van der Waals surface area (Å²) in [6, 6.07) is 18.3. The number of methoxy groups -OCH3 is 2. The number of nitrogens with zero attached hydrogens (tertiary/aromatic N) is 2. The molecule has 0 unspecified atom stereocenters. The third-order valence-corrected chi connectivity index (χ3v) is 6.56. The highest BCUT2D eigenvalue weighted by atomic mass is 19.2. The van der Waals surface area contributed by atoms with Crippen molar-refractivity contribution in [1.82, 2.24) is 9.80 Å². The van der Waals surface area contributed by atoms with Crippen LogP contribution in [0.4, 0.5) is 8.78 Å². The number of piperazine rings is 1. The first kappa shape index (κ1) is 27.2. The molecule has 0 saturated carbocycles. The van der Waals surface area contributed by atoms with E-state index in [2.05, 4.69) is 4.90 Å². The molecule has 1 saturated heterocycles. The summed E-state index contributed by atoms with van der Waals surface area (Å²) in [6.07, 6.45) is -0.298. The molecule has 3 aromatic rings. The van der Waals surface area contributed by atoms with Gasteiger partial charge in [-0.2, -0.15) is 0 Å². The Balaban J connectivity index is 1.41. The highest BCUT2D eigenvalue weighted by molar-refractivity contribution is 5.94. The number of hydrogen-bond acceptors (Lipinski definition) is 6. The van der Waals surface area contributed by atoms with Crippen molar-refractivity contribution in [3.8, 4) is 5.75 Å². The monoisotopic (exact) mass is 524 g/mol. The SMILES string of the molecule is COC(=O)c1ccc(CO[C@H](CN2CCN(C(=O)c3cccc(F)c3F)CC2)c2cccc(OC)c2)cc1. The number of carbonyl (C=O) groups is 2. The first-order chi connectivity index (χ1) is 18.4. The zero-order valence-corrected chi connectivity index (χ0v) is 21.4. The number of rotatable bonds is 9. The molecule has 1 heterocycles. The summed E-state index contributed by atoms with van der Waals surface area (Å²) in [5.41, 5.74) is 2.05. The van der Waals surface area contributed by atoms with Crippen LogP contribution in [0, 0.1) is 11.6 Å². The smallest absolute Gasteiger partial charge is 0.337 e. The zero-order valence-electron chi connectivity index (χ0n) is 21.4. The van der Waals surface area contributed by atoms with Gasteiger partial charge in [0.1, 0.15) is 5.75 Å². The Morgan fingerprint density at radius 2 is 1.63 bits per heavy atom. The number of esters is 1. The van der Waals surface area contributed by atoms with Gasteiger partial charge in [-0.3, -0.25) is 9.69 Å². The Labute approximate surface area is 220 Å². The van der Waals surface area contributed by atoms with Gasteiger partial charge in [-0.05, 0) is 47.5 Å². The molecule has 38 heavy (non-hydrogen) atoms. The Bertz CT molecular complexity index is 1260. The van der Waals surface area contributed by atoms with Crippen LogP contribution >= 0.6 is 0 Å². The third-order valence-electron chi connectivity index (χ3n) is 6.56. The van der Waals surface area contributed by atoms with Gasteiger partial charge in [0.15, 0.2) is 11.6 Å². The van der Waals surface area contributed by atoms with Crippen molar-refractivity contribution >= 4 is 11.9 Å². The van der Waals surface area contributed by atoms with E-state index >= 15 is 0 Å². The predicted molar refractivity (Wildman–Crippen MR) is 137 cm³/mol. The van der Waals surface area contributed by atoms with Gasteiger partial charge in [-0.25, -0.2) is 13.6 Å². The lowest BCUT2D eigenvalue weighted by atomic mass is 10.1. The molecule has 0 aromatic heterocycles. The van der Waals surface area contributed by atoms with Crippen molar-refractivity contribution < 1.29 is 32.6 Å². The fraction of sp³-hybridized carbons (Fsp3) is 0.310. The molecule has 1 aliphatic heterocycles. The number of amides is 1. The summed E-state index contributed by atoms with van der Waals surface area (Å²) < 4.78 is 44.2. The van der Waals surface area contributed by atoms with Crippen LogP contribution in [0.5, 0.6) is 5.75 Å². The first-order valence-electron chi connectivity index (χ1n) is 12.3. The summed E-state index contributed by atoms with van der Waals surface area (Å²) in [7, 11) is 2.95. The van der Waals surface area contributed by atoms with E-state index in [1.54, 1.807) is 24.1 Å². The Morgan fingerprint density at radius 1 is 0.921 bits per heavy atom. The summed E-state index contributed by atoms with van der Waals surface area (Å²) in [4.78, 5) is 28.2. The van der Waals surface area contributed by atoms with Crippen molar-refractivity contribution in [3.63, 3.8) is 0 Å². The van der Waals surface area contributed by atoms with Crippen molar-refractivity contribution in [2.45, 2.75) is 12.7 Å². The van der Waals surface area contributed by atoms with Gasteiger partial charge in [-0.15, -0.1) is 0 Å². The van der Waals surface area contributed by atoms with Gasteiger partial charge >= 0.3 is 5.97 Å². The molecule has 4 rings (SSSR count). The first-order valence-corrected chi connectivity index (χ1v) is 12.3. The topological polar surface area (TPSA) is 68.3 Å². The van der Waals surface area contributed by atoms with Crippen molar-refractivity contribution in [3.05, 3.63) is 101 Å². The van der Waals surface area contributed by atoms with Gasteiger partial charge in [0.05, 0.1) is 38.1 Å². The fourth-order valence-corrected chi connectivity index (χ4v) is 4.36. The zero-order chi connectivity index (χ0) is 27.1. The average molecular weight is 525 g/mol. The molecule has 0 radical (unpaired) electrons. The second-order valence-electron chi connectivity index (χ2n) is 8.96. The summed E-state index contributed by atoms with van der Waals surface area (Å²) >= 11 is 0. The quantitative estimate of drug-likeness (QED) is 0.385. The lowest BCUT2D eigenvalue weighted by Gasteiger charge is -2.36. The summed E-state index contributed by atoms with van der Waals surface area (Å²) in [5, 5.41) is 0. The molecule has 0 bridgehead atoms. The molecule has 1 amide bonds. The fourth-order valence-electron chi connectivity index (χ4n) is 4.36.